The summed E-state index contributed by atoms with van der Waals surface area (Å²) in [7, 11) is 0. The van der Waals surface area contributed by atoms with Crippen molar-refractivity contribution in [3.63, 3.8) is 0 Å². The van der Waals surface area contributed by atoms with Crippen LogP contribution in [0.3, 0.4) is 0 Å². The van der Waals surface area contributed by atoms with Crippen molar-refractivity contribution < 1.29 is 4.42 Å². The van der Waals surface area contributed by atoms with Gasteiger partial charge in [-0.2, -0.15) is 0 Å². The largest absolute Gasteiger partial charge is 0.438 e. The molecule has 0 aliphatic heterocycles. The Bertz CT molecular complexity index is 3700. The summed E-state index contributed by atoms with van der Waals surface area (Å²) < 4.78 is 14.1. The molecule has 0 amide bonds. The van der Waals surface area contributed by atoms with Gasteiger partial charge in [-0.3, -0.25) is 4.40 Å². The van der Waals surface area contributed by atoms with Gasteiger partial charge in [-0.25, -0.2) is 0 Å². The number of para-hydroxylation sites is 1. The zero-order valence-corrected chi connectivity index (χ0v) is 34.4. The van der Waals surface area contributed by atoms with Crippen LogP contribution in [0.4, 0.5) is 17.1 Å². The highest BCUT2D eigenvalue weighted by atomic mass is 32.1. The number of rotatable bonds is 6. The summed E-state index contributed by atoms with van der Waals surface area (Å²) in [6, 6.07) is 74.8. The minimum Gasteiger partial charge on any atom is -0.438 e. The number of hydrogen-bond donors (Lipinski definition) is 0. The molecule has 0 saturated carbocycles. The standard InChI is InChI=1S/C56H34N2OS2/c1-2-12-38(13-3-1)53-45-16-4-7-19-46(45)58-49-34-39(30-33-50(49)59-56(53)58)37-26-24-35(25-27-37)36-28-31-40(32-29-36)57(47-20-10-17-43-41-14-5-8-22-51(41)60-54(43)47)48-21-11-18-44-42-15-6-9-23-52(42)61-55(44)48/h1-34H. The Morgan fingerprint density at radius 1 is 0.377 bits per heavy atom. The fraction of sp³-hybridized carbons (Fsp3) is 0. The van der Waals surface area contributed by atoms with Gasteiger partial charge in [0.15, 0.2) is 5.58 Å². The highest BCUT2D eigenvalue weighted by Gasteiger charge is 2.23. The highest BCUT2D eigenvalue weighted by Crippen LogP contribution is 2.49. The van der Waals surface area contributed by atoms with Gasteiger partial charge in [0.1, 0.15) is 0 Å². The molecule has 0 spiro atoms. The number of benzene rings is 9. The third-order valence-electron chi connectivity index (χ3n) is 12.2. The molecule has 0 bridgehead atoms. The van der Waals surface area contributed by atoms with Gasteiger partial charge in [0.2, 0.25) is 5.71 Å². The highest BCUT2D eigenvalue weighted by molar-refractivity contribution is 7.27. The molecule has 0 atom stereocenters. The molecular formula is C56H34N2OS2. The average molecular weight is 815 g/mol. The molecule has 0 N–H and O–H groups in total. The molecule has 286 valence electrons. The fourth-order valence-electron chi connectivity index (χ4n) is 9.38. The summed E-state index contributed by atoms with van der Waals surface area (Å²) in [4.78, 5) is 2.47. The maximum Gasteiger partial charge on any atom is 0.213 e. The van der Waals surface area contributed by atoms with Crippen molar-refractivity contribution in [1.29, 1.82) is 0 Å². The van der Waals surface area contributed by atoms with Gasteiger partial charge in [-0.05, 0) is 82.4 Å². The smallest absolute Gasteiger partial charge is 0.213 e. The first-order chi connectivity index (χ1) is 30.2. The first-order valence-corrected chi connectivity index (χ1v) is 22.2. The molecule has 0 saturated heterocycles. The van der Waals surface area contributed by atoms with Gasteiger partial charge in [-0.15, -0.1) is 22.7 Å². The summed E-state index contributed by atoms with van der Waals surface area (Å²) in [5.41, 5.74) is 14.4. The van der Waals surface area contributed by atoms with E-state index in [1.54, 1.807) is 0 Å². The molecule has 0 radical (unpaired) electrons. The van der Waals surface area contributed by atoms with Gasteiger partial charge in [0.25, 0.3) is 0 Å². The number of oxazole rings is 1. The molecule has 13 aromatic rings. The summed E-state index contributed by atoms with van der Waals surface area (Å²) in [6.07, 6.45) is 0. The number of nitrogens with zero attached hydrogens (tertiary/aromatic N) is 2. The second-order valence-electron chi connectivity index (χ2n) is 15.6. The lowest BCUT2D eigenvalue weighted by molar-refractivity contribution is 0.658. The lowest BCUT2D eigenvalue weighted by Crippen LogP contribution is -2.10. The quantitative estimate of drug-likeness (QED) is 0.167. The van der Waals surface area contributed by atoms with E-state index in [1.807, 2.05) is 22.7 Å². The van der Waals surface area contributed by atoms with E-state index in [0.29, 0.717) is 0 Å². The second-order valence-corrected chi connectivity index (χ2v) is 17.8. The third kappa shape index (κ3) is 5.34. The minimum absolute atomic E-state index is 0.873. The SMILES string of the molecule is c1ccc(-c2c3ccccc3n3c2oc2ccc(-c4ccc(-c5ccc(N(c6cccc7c6sc6ccccc67)c6cccc7c6sc6ccccc67)cc5)cc4)cc23)cc1. The summed E-state index contributed by atoms with van der Waals surface area (Å²) in [5, 5.41) is 6.37. The molecule has 3 nitrogen and oxygen atoms in total. The molecule has 13 rings (SSSR count). The Morgan fingerprint density at radius 3 is 1.52 bits per heavy atom. The molecule has 0 unspecified atom stereocenters. The number of thiophene rings is 2. The van der Waals surface area contributed by atoms with Crippen LogP contribution < -0.4 is 4.90 Å². The predicted molar refractivity (Wildman–Crippen MR) is 261 cm³/mol. The van der Waals surface area contributed by atoms with Crippen LogP contribution in [0.25, 0.3) is 101 Å². The van der Waals surface area contributed by atoms with E-state index in [2.05, 4.69) is 216 Å². The Morgan fingerprint density at radius 2 is 0.885 bits per heavy atom. The van der Waals surface area contributed by atoms with Crippen LogP contribution in [0.5, 0.6) is 0 Å². The van der Waals surface area contributed by atoms with Crippen molar-refractivity contribution in [2.24, 2.45) is 0 Å². The van der Waals surface area contributed by atoms with Crippen molar-refractivity contribution >= 4 is 108 Å². The molecule has 4 aromatic heterocycles. The van der Waals surface area contributed by atoms with Gasteiger partial charge in [-0.1, -0.05) is 152 Å². The average Bonchev–Trinajstić information content (AvgIpc) is 4.08. The Hall–Kier alpha value is -7.44. The summed E-state index contributed by atoms with van der Waals surface area (Å²) in [6.45, 7) is 0. The van der Waals surface area contributed by atoms with Crippen LogP contribution in [0.1, 0.15) is 0 Å². The molecule has 4 heterocycles. The lowest BCUT2D eigenvalue weighted by atomic mass is 9.99. The maximum atomic E-state index is 6.60. The Balaban J connectivity index is 0.891. The second kappa shape index (κ2) is 13.5. The summed E-state index contributed by atoms with van der Waals surface area (Å²) >= 11 is 3.75. The number of fused-ring (bicyclic) bond motifs is 11. The Kier molecular flexibility index (Phi) is 7.65. The molecular weight excluding hydrogens is 781 g/mol. The van der Waals surface area contributed by atoms with E-state index in [0.717, 1.165) is 50.3 Å². The predicted octanol–water partition coefficient (Wildman–Crippen LogP) is 17.0. The van der Waals surface area contributed by atoms with Crippen LogP contribution in [-0.4, -0.2) is 4.40 Å². The van der Waals surface area contributed by atoms with Crippen molar-refractivity contribution in [3.05, 3.63) is 206 Å². The van der Waals surface area contributed by atoms with Gasteiger partial charge >= 0.3 is 0 Å². The van der Waals surface area contributed by atoms with Crippen LogP contribution in [0.15, 0.2) is 211 Å². The first kappa shape index (κ1) is 34.4. The van der Waals surface area contributed by atoms with Crippen LogP contribution >= 0.6 is 22.7 Å². The molecule has 0 fully saturated rings. The van der Waals surface area contributed by atoms with Crippen molar-refractivity contribution in [1.82, 2.24) is 4.40 Å². The van der Waals surface area contributed by atoms with E-state index in [1.165, 1.54) is 68.2 Å². The van der Waals surface area contributed by atoms with E-state index >= 15 is 0 Å². The van der Waals surface area contributed by atoms with Crippen LogP contribution in [-0.2, 0) is 0 Å². The van der Waals surface area contributed by atoms with Crippen molar-refractivity contribution in [2.45, 2.75) is 0 Å². The Labute approximate surface area is 359 Å². The molecule has 5 heteroatoms. The molecule has 61 heavy (non-hydrogen) atoms. The van der Waals surface area contributed by atoms with Gasteiger partial charge in [0.05, 0.1) is 37.4 Å². The topological polar surface area (TPSA) is 20.8 Å². The molecule has 0 aliphatic carbocycles. The van der Waals surface area contributed by atoms with E-state index in [-0.39, 0.29) is 0 Å². The third-order valence-corrected chi connectivity index (χ3v) is 14.6. The van der Waals surface area contributed by atoms with Crippen LogP contribution in [0.2, 0.25) is 0 Å². The van der Waals surface area contributed by atoms with E-state index in [4.69, 9.17) is 4.42 Å². The normalized spacial score (nSPS) is 11.9. The summed E-state index contributed by atoms with van der Waals surface area (Å²) in [5.74, 6) is 0. The number of anilines is 3. The molecule has 9 aromatic carbocycles. The molecule has 0 aliphatic rings. The fourth-order valence-corrected chi connectivity index (χ4v) is 11.8. The van der Waals surface area contributed by atoms with Gasteiger partial charge < -0.3 is 9.32 Å². The minimum atomic E-state index is 0.873. The van der Waals surface area contributed by atoms with E-state index in [9.17, 15) is 0 Å². The van der Waals surface area contributed by atoms with Gasteiger partial charge in [0, 0.05) is 42.0 Å². The monoisotopic (exact) mass is 814 g/mol. The first-order valence-electron chi connectivity index (χ1n) is 20.6. The number of hydrogen-bond acceptors (Lipinski definition) is 4. The zero-order valence-electron chi connectivity index (χ0n) is 32.7. The van der Waals surface area contributed by atoms with Crippen molar-refractivity contribution in [2.75, 3.05) is 4.90 Å². The maximum absolute atomic E-state index is 6.60. The van der Waals surface area contributed by atoms with E-state index < -0.39 is 0 Å². The lowest BCUT2D eigenvalue weighted by Gasteiger charge is -2.27. The zero-order chi connectivity index (χ0) is 40.0. The van der Waals surface area contributed by atoms with Crippen molar-refractivity contribution in [3.8, 4) is 33.4 Å². The van der Waals surface area contributed by atoms with Crippen LogP contribution in [0, 0.1) is 0 Å². The number of aromatic nitrogens is 1.